The van der Waals surface area contributed by atoms with E-state index in [1.807, 2.05) is 50.2 Å². The maximum Gasteiger partial charge on any atom is 0.340 e. The van der Waals surface area contributed by atoms with Crippen LogP contribution in [0.25, 0.3) is 10.9 Å². The zero-order valence-electron chi connectivity index (χ0n) is 20.0. The van der Waals surface area contributed by atoms with Crippen LogP contribution in [0.15, 0.2) is 48.5 Å². The summed E-state index contributed by atoms with van der Waals surface area (Å²) >= 11 is 0. The summed E-state index contributed by atoms with van der Waals surface area (Å²) in [5, 5.41) is 3.61. The minimum Gasteiger partial charge on any atom is -0.492 e. The molecular formula is C27H31N3O4. The van der Waals surface area contributed by atoms with Gasteiger partial charge in [-0.05, 0) is 38.1 Å². The second-order valence-corrected chi connectivity index (χ2v) is 8.27. The Hall–Kier alpha value is -3.45. The van der Waals surface area contributed by atoms with Gasteiger partial charge >= 0.3 is 5.97 Å². The van der Waals surface area contributed by atoms with Crippen LogP contribution in [-0.4, -0.2) is 47.6 Å². The van der Waals surface area contributed by atoms with E-state index in [2.05, 4.69) is 17.1 Å². The monoisotopic (exact) mass is 461 g/mol. The number of para-hydroxylation sites is 3. The third kappa shape index (κ3) is 4.89. The van der Waals surface area contributed by atoms with Gasteiger partial charge in [-0.1, -0.05) is 44.2 Å². The van der Waals surface area contributed by atoms with Gasteiger partial charge in [-0.15, -0.1) is 0 Å². The average Bonchev–Trinajstić information content (AvgIpc) is 2.86. The largest absolute Gasteiger partial charge is 0.492 e. The number of carbonyl (C=O) groups excluding carboxylic acids is 2. The Labute approximate surface area is 200 Å². The zero-order chi connectivity index (χ0) is 24.1. The first-order valence-electron chi connectivity index (χ1n) is 11.9. The van der Waals surface area contributed by atoms with E-state index in [0.29, 0.717) is 36.6 Å². The van der Waals surface area contributed by atoms with Crippen LogP contribution in [0.2, 0.25) is 0 Å². The first kappa shape index (κ1) is 23.7. The van der Waals surface area contributed by atoms with Crippen LogP contribution in [0.1, 0.15) is 48.8 Å². The predicted octanol–water partition coefficient (Wildman–Crippen LogP) is 4.59. The SMILES string of the molecule is CCOc1ccccc1NC(=O)C(CC)OC(=O)c1c2c(nc3ccccc13)CCN(CC)C2. The number of likely N-dealkylation sites (N-methyl/N-ethyl adjacent to an activating group) is 1. The van der Waals surface area contributed by atoms with Gasteiger partial charge in [0.25, 0.3) is 5.91 Å². The van der Waals surface area contributed by atoms with E-state index in [1.54, 1.807) is 12.1 Å². The van der Waals surface area contributed by atoms with Gasteiger partial charge in [0.15, 0.2) is 6.10 Å². The van der Waals surface area contributed by atoms with Crippen molar-refractivity contribution in [3.63, 3.8) is 0 Å². The highest BCUT2D eigenvalue weighted by molar-refractivity contribution is 6.06. The lowest BCUT2D eigenvalue weighted by Crippen LogP contribution is -2.35. The highest BCUT2D eigenvalue weighted by atomic mass is 16.5. The fraction of sp³-hybridized carbons (Fsp3) is 0.370. The fourth-order valence-corrected chi connectivity index (χ4v) is 4.32. The summed E-state index contributed by atoms with van der Waals surface area (Å²) in [6.45, 7) is 8.73. The molecule has 3 aromatic rings. The van der Waals surface area contributed by atoms with Crippen LogP contribution in [0.4, 0.5) is 5.69 Å². The molecular weight excluding hydrogens is 430 g/mol. The van der Waals surface area contributed by atoms with Gasteiger partial charge in [-0.2, -0.15) is 0 Å². The molecule has 178 valence electrons. The summed E-state index contributed by atoms with van der Waals surface area (Å²) in [6.07, 6.45) is 0.191. The molecule has 7 heteroatoms. The lowest BCUT2D eigenvalue weighted by Gasteiger charge is -2.29. The van der Waals surface area contributed by atoms with Crippen LogP contribution in [-0.2, 0) is 22.5 Å². The minimum atomic E-state index is -0.935. The number of aromatic nitrogens is 1. The van der Waals surface area contributed by atoms with E-state index in [-0.39, 0.29) is 5.91 Å². The number of anilines is 1. The number of esters is 1. The number of nitrogens with one attached hydrogen (secondary N) is 1. The molecule has 1 aliphatic heterocycles. The van der Waals surface area contributed by atoms with E-state index in [0.717, 1.165) is 41.7 Å². The van der Waals surface area contributed by atoms with Crippen molar-refractivity contribution >= 4 is 28.5 Å². The molecule has 1 N–H and O–H groups in total. The summed E-state index contributed by atoms with van der Waals surface area (Å²) in [5.41, 5.74) is 3.66. The maximum atomic E-state index is 13.5. The van der Waals surface area contributed by atoms with E-state index in [4.69, 9.17) is 14.5 Å². The predicted molar refractivity (Wildman–Crippen MR) is 132 cm³/mol. The smallest absolute Gasteiger partial charge is 0.340 e. The number of pyridine rings is 1. The number of benzene rings is 2. The standard InChI is InChI=1S/C27H31N3O4/c1-4-23(26(31)29-22-13-9-10-14-24(22)33-6-3)34-27(32)25-18-11-7-8-12-20(18)28-21-15-16-30(5-2)17-19(21)25/h7-14,23H,4-6,15-17H2,1-3H3,(H,29,31). The first-order chi connectivity index (χ1) is 16.5. The summed E-state index contributed by atoms with van der Waals surface area (Å²) in [5.74, 6) is -0.299. The normalized spacial score (nSPS) is 14.3. The lowest BCUT2D eigenvalue weighted by atomic mass is 9.95. The number of ether oxygens (including phenoxy) is 2. The molecule has 7 nitrogen and oxygen atoms in total. The van der Waals surface area contributed by atoms with Gasteiger partial charge in [0.1, 0.15) is 5.75 Å². The Morgan fingerprint density at radius 3 is 2.62 bits per heavy atom. The third-order valence-electron chi connectivity index (χ3n) is 6.13. The highest BCUT2D eigenvalue weighted by Crippen LogP contribution is 2.30. The average molecular weight is 462 g/mol. The summed E-state index contributed by atoms with van der Waals surface area (Å²) in [4.78, 5) is 33.7. The molecule has 1 unspecified atom stereocenters. The number of nitrogens with zero attached hydrogens (tertiary/aromatic N) is 2. The molecule has 2 heterocycles. The van der Waals surface area contributed by atoms with Crippen LogP contribution in [0.3, 0.4) is 0 Å². The molecule has 0 aliphatic carbocycles. The summed E-state index contributed by atoms with van der Waals surface area (Å²) < 4.78 is 11.4. The fourth-order valence-electron chi connectivity index (χ4n) is 4.32. The maximum absolute atomic E-state index is 13.5. The molecule has 0 spiro atoms. The van der Waals surface area contributed by atoms with Crippen LogP contribution < -0.4 is 10.1 Å². The second kappa shape index (κ2) is 10.7. The number of hydrogen-bond donors (Lipinski definition) is 1. The Morgan fingerprint density at radius 2 is 1.85 bits per heavy atom. The topological polar surface area (TPSA) is 80.8 Å². The van der Waals surface area contributed by atoms with Gasteiger partial charge in [-0.3, -0.25) is 14.7 Å². The van der Waals surface area contributed by atoms with Gasteiger partial charge in [0.2, 0.25) is 0 Å². The molecule has 1 aromatic heterocycles. The molecule has 0 saturated heterocycles. The third-order valence-corrected chi connectivity index (χ3v) is 6.13. The van der Waals surface area contributed by atoms with Crippen molar-refractivity contribution < 1.29 is 19.1 Å². The molecule has 4 rings (SSSR count). The molecule has 0 radical (unpaired) electrons. The molecule has 1 atom stereocenters. The van der Waals surface area contributed by atoms with E-state index in [1.165, 1.54) is 0 Å². The van der Waals surface area contributed by atoms with E-state index in [9.17, 15) is 9.59 Å². The van der Waals surface area contributed by atoms with Crippen molar-refractivity contribution in [1.29, 1.82) is 0 Å². The van der Waals surface area contributed by atoms with Crippen LogP contribution in [0.5, 0.6) is 5.75 Å². The molecule has 0 fully saturated rings. The Bertz CT molecular complexity index is 1190. The van der Waals surface area contributed by atoms with Crippen molar-refractivity contribution in [3.05, 3.63) is 65.4 Å². The van der Waals surface area contributed by atoms with Crippen LogP contribution in [0, 0.1) is 0 Å². The number of rotatable bonds is 8. The number of amides is 1. The van der Waals surface area contributed by atoms with E-state index >= 15 is 0 Å². The Morgan fingerprint density at radius 1 is 1.09 bits per heavy atom. The number of fused-ring (bicyclic) bond motifs is 2. The second-order valence-electron chi connectivity index (χ2n) is 8.27. The van der Waals surface area contributed by atoms with Gasteiger partial charge in [-0.25, -0.2) is 4.79 Å². The van der Waals surface area contributed by atoms with Crippen molar-refractivity contribution in [2.75, 3.05) is 25.0 Å². The van der Waals surface area contributed by atoms with Crippen molar-refractivity contribution in [3.8, 4) is 5.75 Å². The van der Waals surface area contributed by atoms with E-state index < -0.39 is 12.1 Å². The number of hydrogen-bond acceptors (Lipinski definition) is 6. The quantitative estimate of drug-likeness (QED) is 0.495. The zero-order valence-corrected chi connectivity index (χ0v) is 20.0. The van der Waals surface area contributed by atoms with Crippen molar-refractivity contribution in [1.82, 2.24) is 9.88 Å². The van der Waals surface area contributed by atoms with Gasteiger partial charge < -0.3 is 14.8 Å². The van der Waals surface area contributed by atoms with Crippen molar-refractivity contribution in [2.45, 2.75) is 46.3 Å². The number of carbonyl (C=O) groups is 2. The molecule has 1 amide bonds. The van der Waals surface area contributed by atoms with Crippen LogP contribution >= 0.6 is 0 Å². The van der Waals surface area contributed by atoms with Gasteiger partial charge in [0, 0.05) is 36.2 Å². The Kier molecular flexibility index (Phi) is 7.43. The van der Waals surface area contributed by atoms with Crippen molar-refractivity contribution in [2.24, 2.45) is 0 Å². The summed E-state index contributed by atoms with van der Waals surface area (Å²) in [7, 11) is 0. The van der Waals surface area contributed by atoms with Gasteiger partial charge in [0.05, 0.1) is 23.4 Å². The molecule has 34 heavy (non-hydrogen) atoms. The highest BCUT2D eigenvalue weighted by Gasteiger charge is 2.29. The minimum absolute atomic E-state index is 0.348. The lowest BCUT2D eigenvalue weighted by molar-refractivity contribution is -0.124. The molecule has 2 aromatic carbocycles. The summed E-state index contributed by atoms with van der Waals surface area (Å²) in [6, 6.07) is 14.8. The molecule has 0 bridgehead atoms. The Balaban J connectivity index is 1.62. The first-order valence-corrected chi connectivity index (χ1v) is 11.9. The molecule has 1 aliphatic rings. The molecule has 0 saturated carbocycles.